The van der Waals surface area contributed by atoms with Crippen LogP contribution < -0.4 is 10.6 Å². The van der Waals surface area contributed by atoms with Gasteiger partial charge in [-0.1, -0.05) is 72.8 Å². The van der Waals surface area contributed by atoms with E-state index in [9.17, 15) is 9.59 Å². The van der Waals surface area contributed by atoms with E-state index in [0.29, 0.717) is 17.8 Å². The van der Waals surface area contributed by atoms with Crippen LogP contribution in [0.3, 0.4) is 0 Å². The van der Waals surface area contributed by atoms with E-state index < -0.39 is 6.10 Å². The molecule has 0 saturated heterocycles. The van der Waals surface area contributed by atoms with Gasteiger partial charge in [-0.2, -0.15) is 0 Å². The molecule has 3 rings (SSSR count). The predicted molar refractivity (Wildman–Crippen MR) is 109 cm³/mol. The molecule has 0 aromatic heterocycles. The summed E-state index contributed by atoms with van der Waals surface area (Å²) < 4.78 is 5.36. The molecule has 0 saturated carbocycles. The van der Waals surface area contributed by atoms with Gasteiger partial charge in [-0.25, -0.2) is 0 Å². The molecule has 0 bridgehead atoms. The van der Waals surface area contributed by atoms with E-state index in [0.717, 1.165) is 11.1 Å². The summed E-state index contributed by atoms with van der Waals surface area (Å²) in [6.45, 7) is 0.409. The molecule has 28 heavy (non-hydrogen) atoms. The molecular formula is C23H22N2O3. The molecule has 0 spiro atoms. The van der Waals surface area contributed by atoms with Gasteiger partial charge in [0.15, 0.2) is 6.10 Å². The first-order valence-electron chi connectivity index (χ1n) is 8.99. The van der Waals surface area contributed by atoms with Crippen molar-refractivity contribution >= 4 is 17.5 Å². The summed E-state index contributed by atoms with van der Waals surface area (Å²) in [5.41, 5.74) is 2.58. The number of carbonyl (C=O) groups excluding carboxylic acids is 2. The molecule has 5 nitrogen and oxygen atoms in total. The zero-order chi connectivity index (χ0) is 19.8. The van der Waals surface area contributed by atoms with Crippen LogP contribution in [0, 0.1) is 0 Å². The van der Waals surface area contributed by atoms with Crippen molar-refractivity contribution in [2.45, 2.75) is 12.6 Å². The van der Waals surface area contributed by atoms with E-state index in [1.165, 1.54) is 7.11 Å². The van der Waals surface area contributed by atoms with Crippen molar-refractivity contribution in [3.63, 3.8) is 0 Å². The lowest BCUT2D eigenvalue weighted by Gasteiger charge is -2.17. The highest BCUT2D eigenvalue weighted by atomic mass is 16.5. The normalized spacial score (nSPS) is 11.5. The summed E-state index contributed by atoms with van der Waals surface area (Å²) >= 11 is 0. The van der Waals surface area contributed by atoms with Gasteiger partial charge in [0, 0.05) is 13.7 Å². The van der Waals surface area contributed by atoms with Gasteiger partial charge in [0.05, 0.1) is 11.3 Å². The summed E-state index contributed by atoms with van der Waals surface area (Å²) in [6, 6.07) is 25.8. The van der Waals surface area contributed by atoms with Gasteiger partial charge in [-0.3, -0.25) is 9.59 Å². The third-order valence-electron chi connectivity index (χ3n) is 4.30. The molecule has 0 aliphatic heterocycles. The molecule has 0 aliphatic rings. The lowest BCUT2D eigenvalue weighted by Crippen LogP contribution is -2.27. The minimum absolute atomic E-state index is 0.256. The SMILES string of the molecule is CO[C@@H](C(=O)Nc1ccccc1C(=O)NCc1ccccc1)c1ccccc1. The maximum atomic E-state index is 12.7. The Kier molecular flexibility index (Phi) is 6.54. The van der Waals surface area contributed by atoms with Crippen LogP contribution >= 0.6 is 0 Å². The highest BCUT2D eigenvalue weighted by molar-refractivity contribution is 6.04. The molecule has 0 heterocycles. The average molecular weight is 374 g/mol. The van der Waals surface area contributed by atoms with Gasteiger partial charge in [-0.15, -0.1) is 0 Å². The van der Waals surface area contributed by atoms with Crippen LogP contribution in [-0.2, 0) is 16.1 Å². The van der Waals surface area contributed by atoms with Crippen molar-refractivity contribution in [2.75, 3.05) is 12.4 Å². The standard InChI is InChI=1S/C23H22N2O3/c1-28-21(18-12-6-3-7-13-18)23(27)25-20-15-9-8-14-19(20)22(26)24-16-17-10-4-2-5-11-17/h2-15,21H,16H2,1H3,(H,24,26)(H,25,27)/t21-/m1/s1. The molecular weight excluding hydrogens is 352 g/mol. The largest absolute Gasteiger partial charge is 0.367 e. The number of hydrogen-bond donors (Lipinski definition) is 2. The highest BCUT2D eigenvalue weighted by Crippen LogP contribution is 2.21. The van der Waals surface area contributed by atoms with E-state index in [1.807, 2.05) is 60.7 Å². The summed E-state index contributed by atoms with van der Waals surface area (Å²) in [7, 11) is 1.48. The Morgan fingerprint density at radius 1 is 0.857 bits per heavy atom. The zero-order valence-corrected chi connectivity index (χ0v) is 15.6. The van der Waals surface area contributed by atoms with Crippen molar-refractivity contribution in [1.82, 2.24) is 5.32 Å². The summed E-state index contributed by atoms with van der Waals surface area (Å²) in [5, 5.41) is 5.70. The molecule has 2 amide bonds. The second-order valence-electron chi connectivity index (χ2n) is 6.23. The topological polar surface area (TPSA) is 67.4 Å². The summed E-state index contributed by atoms with van der Waals surface area (Å²) in [6.07, 6.45) is -0.762. The van der Waals surface area contributed by atoms with Gasteiger partial charge < -0.3 is 15.4 Å². The van der Waals surface area contributed by atoms with E-state index in [2.05, 4.69) is 10.6 Å². The number of benzene rings is 3. The van der Waals surface area contributed by atoms with Crippen LogP contribution in [0.15, 0.2) is 84.9 Å². The van der Waals surface area contributed by atoms with E-state index in [1.54, 1.807) is 24.3 Å². The Labute approximate surface area is 164 Å². The number of hydrogen-bond acceptors (Lipinski definition) is 3. The van der Waals surface area contributed by atoms with Crippen molar-refractivity contribution in [1.29, 1.82) is 0 Å². The van der Waals surface area contributed by atoms with Gasteiger partial charge in [-0.05, 0) is 23.3 Å². The first-order chi connectivity index (χ1) is 13.7. The molecule has 2 N–H and O–H groups in total. The Morgan fingerprint density at radius 2 is 1.46 bits per heavy atom. The first-order valence-corrected chi connectivity index (χ1v) is 8.99. The molecule has 0 fully saturated rings. The number of anilines is 1. The van der Waals surface area contributed by atoms with Crippen LogP contribution in [0.2, 0.25) is 0 Å². The highest BCUT2D eigenvalue weighted by Gasteiger charge is 2.21. The molecule has 0 unspecified atom stereocenters. The quantitative estimate of drug-likeness (QED) is 0.658. The Balaban J connectivity index is 1.72. The van der Waals surface area contributed by atoms with Crippen molar-refractivity contribution in [3.8, 4) is 0 Å². The van der Waals surface area contributed by atoms with E-state index in [-0.39, 0.29) is 11.8 Å². The minimum Gasteiger partial charge on any atom is -0.367 e. The Bertz CT molecular complexity index is 927. The molecule has 5 heteroatoms. The predicted octanol–water partition coefficient (Wildman–Crippen LogP) is 3.94. The molecule has 142 valence electrons. The zero-order valence-electron chi connectivity index (χ0n) is 15.6. The van der Waals surface area contributed by atoms with Crippen molar-refractivity contribution in [2.24, 2.45) is 0 Å². The molecule has 3 aromatic carbocycles. The number of nitrogens with one attached hydrogen (secondary N) is 2. The van der Waals surface area contributed by atoms with Crippen LogP contribution in [0.4, 0.5) is 5.69 Å². The fourth-order valence-corrected chi connectivity index (χ4v) is 2.88. The van der Waals surface area contributed by atoms with Gasteiger partial charge >= 0.3 is 0 Å². The van der Waals surface area contributed by atoms with E-state index >= 15 is 0 Å². The maximum Gasteiger partial charge on any atom is 0.258 e. The third kappa shape index (κ3) is 4.84. The van der Waals surface area contributed by atoms with Crippen LogP contribution in [0.1, 0.15) is 27.6 Å². The molecule has 1 atom stereocenters. The summed E-state index contributed by atoms with van der Waals surface area (Å²) in [5.74, 6) is -0.592. The molecule has 0 radical (unpaired) electrons. The maximum absolute atomic E-state index is 12.7. The van der Waals surface area contributed by atoms with Gasteiger partial charge in [0.1, 0.15) is 0 Å². The number of carbonyl (C=O) groups is 2. The monoisotopic (exact) mass is 374 g/mol. The number of para-hydroxylation sites is 1. The van der Waals surface area contributed by atoms with Crippen molar-refractivity contribution < 1.29 is 14.3 Å². The van der Waals surface area contributed by atoms with Crippen LogP contribution in [0.25, 0.3) is 0 Å². The van der Waals surface area contributed by atoms with Crippen LogP contribution in [0.5, 0.6) is 0 Å². The number of amides is 2. The minimum atomic E-state index is -0.762. The summed E-state index contributed by atoms with van der Waals surface area (Å²) in [4.78, 5) is 25.4. The van der Waals surface area contributed by atoms with E-state index in [4.69, 9.17) is 4.74 Å². The fraction of sp³-hybridized carbons (Fsp3) is 0.130. The number of methoxy groups -OCH3 is 1. The first kappa shape index (κ1) is 19.3. The molecule has 0 aliphatic carbocycles. The van der Waals surface area contributed by atoms with Gasteiger partial charge in [0.25, 0.3) is 11.8 Å². The number of rotatable bonds is 7. The second-order valence-corrected chi connectivity index (χ2v) is 6.23. The lowest BCUT2D eigenvalue weighted by molar-refractivity contribution is -0.126. The van der Waals surface area contributed by atoms with Crippen molar-refractivity contribution in [3.05, 3.63) is 102 Å². The Morgan fingerprint density at radius 3 is 2.14 bits per heavy atom. The Hall–Kier alpha value is -3.44. The fourth-order valence-electron chi connectivity index (χ4n) is 2.88. The number of ether oxygens (including phenoxy) is 1. The lowest BCUT2D eigenvalue weighted by atomic mass is 10.1. The average Bonchev–Trinajstić information content (AvgIpc) is 2.74. The second kappa shape index (κ2) is 9.48. The van der Waals surface area contributed by atoms with Gasteiger partial charge in [0.2, 0.25) is 0 Å². The molecule has 3 aromatic rings. The third-order valence-corrected chi connectivity index (χ3v) is 4.30. The smallest absolute Gasteiger partial charge is 0.258 e. The van der Waals surface area contributed by atoms with Crippen LogP contribution in [-0.4, -0.2) is 18.9 Å².